The molecule has 1 rings (SSSR count). The van der Waals surface area contributed by atoms with Gasteiger partial charge in [0.05, 0.1) is 6.33 Å². The maximum atomic E-state index is 4.56. The third-order valence-electron chi connectivity index (χ3n) is 2.59. The van der Waals surface area contributed by atoms with Crippen molar-refractivity contribution < 1.29 is 0 Å². The number of guanidine groups is 1. The zero-order valence-corrected chi connectivity index (χ0v) is 15.5. The lowest BCUT2D eigenvalue weighted by molar-refractivity contribution is 0.660. The molecule has 0 unspecified atom stereocenters. The molecule has 0 aromatic carbocycles. The molecule has 1 aromatic heterocycles. The van der Waals surface area contributed by atoms with Gasteiger partial charge in [0.15, 0.2) is 5.96 Å². The summed E-state index contributed by atoms with van der Waals surface area (Å²) in [6.07, 6.45) is 10.1. The Labute approximate surface area is 143 Å². The molecule has 116 valence electrons. The van der Waals surface area contributed by atoms with E-state index in [0.717, 1.165) is 38.6 Å². The monoisotopic (exact) mass is 411 g/mol. The number of nitrogens with one attached hydrogen (secondary N) is 2. The van der Waals surface area contributed by atoms with Crippen LogP contribution in [0.3, 0.4) is 0 Å². The van der Waals surface area contributed by atoms with E-state index in [-0.39, 0.29) is 24.0 Å². The quantitative estimate of drug-likeness (QED) is 0.283. The smallest absolute Gasteiger partial charge is 0.191 e. The minimum atomic E-state index is 0. The van der Waals surface area contributed by atoms with Crippen LogP contribution in [0.25, 0.3) is 0 Å². The fourth-order valence-corrected chi connectivity index (χ4v) is 2.11. The van der Waals surface area contributed by atoms with Gasteiger partial charge in [0.25, 0.3) is 0 Å². The Bertz CT molecular complexity index is 343. The van der Waals surface area contributed by atoms with Crippen LogP contribution in [0, 0.1) is 0 Å². The van der Waals surface area contributed by atoms with Crippen molar-refractivity contribution >= 4 is 41.7 Å². The van der Waals surface area contributed by atoms with Crippen LogP contribution in [0.15, 0.2) is 23.7 Å². The number of halogens is 1. The van der Waals surface area contributed by atoms with Gasteiger partial charge in [-0.1, -0.05) is 0 Å². The molecule has 0 atom stereocenters. The second-order valence-electron chi connectivity index (χ2n) is 4.19. The number of aliphatic imine (C=N–C) groups is 1. The minimum Gasteiger partial charge on any atom is -0.357 e. The predicted molar refractivity (Wildman–Crippen MR) is 99.2 cm³/mol. The van der Waals surface area contributed by atoms with E-state index >= 15 is 0 Å². The standard InChI is InChI=1S/C13H25N5S.HI/c1-3-15-13(16-6-4-5-11-19-2)17-8-10-18-9-7-14-12-18;/h7,9,12H,3-6,8,10-11H2,1-2H3,(H2,15,16,17);1H. The molecular weight excluding hydrogens is 385 g/mol. The molecule has 0 amide bonds. The van der Waals surface area contributed by atoms with Gasteiger partial charge in [-0.05, 0) is 31.8 Å². The van der Waals surface area contributed by atoms with E-state index in [4.69, 9.17) is 0 Å². The summed E-state index contributed by atoms with van der Waals surface area (Å²) in [5, 5.41) is 6.60. The summed E-state index contributed by atoms with van der Waals surface area (Å²) in [5.74, 6) is 2.13. The van der Waals surface area contributed by atoms with Crippen LogP contribution >= 0.6 is 35.7 Å². The number of rotatable bonds is 9. The van der Waals surface area contributed by atoms with Crippen LogP contribution in [0.4, 0.5) is 0 Å². The lowest BCUT2D eigenvalue weighted by Gasteiger charge is -2.11. The highest BCUT2D eigenvalue weighted by molar-refractivity contribution is 14.0. The fraction of sp³-hybridized carbons (Fsp3) is 0.692. The molecule has 7 heteroatoms. The van der Waals surface area contributed by atoms with Gasteiger partial charge in [0, 0.05) is 38.6 Å². The number of thioether (sulfide) groups is 1. The summed E-state index contributed by atoms with van der Waals surface area (Å²) in [6, 6.07) is 0. The molecule has 1 heterocycles. The highest BCUT2D eigenvalue weighted by Crippen LogP contribution is 1.98. The topological polar surface area (TPSA) is 54.2 Å². The van der Waals surface area contributed by atoms with E-state index in [1.807, 2.05) is 24.3 Å². The largest absolute Gasteiger partial charge is 0.357 e. The van der Waals surface area contributed by atoms with E-state index < -0.39 is 0 Å². The Kier molecular flexibility index (Phi) is 13.2. The lowest BCUT2D eigenvalue weighted by atomic mass is 10.3. The summed E-state index contributed by atoms with van der Waals surface area (Å²) in [6.45, 7) is 5.62. The van der Waals surface area contributed by atoms with Crippen LogP contribution in [-0.2, 0) is 6.54 Å². The highest BCUT2D eigenvalue weighted by atomic mass is 127. The Morgan fingerprint density at radius 2 is 2.20 bits per heavy atom. The molecule has 0 spiro atoms. The van der Waals surface area contributed by atoms with Crippen molar-refractivity contribution in [3.8, 4) is 0 Å². The molecule has 0 aliphatic carbocycles. The minimum absolute atomic E-state index is 0. The zero-order valence-electron chi connectivity index (χ0n) is 12.3. The van der Waals surface area contributed by atoms with Gasteiger partial charge in [0.1, 0.15) is 0 Å². The van der Waals surface area contributed by atoms with Crippen molar-refractivity contribution in [1.29, 1.82) is 0 Å². The Morgan fingerprint density at radius 1 is 1.35 bits per heavy atom. The van der Waals surface area contributed by atoms with Gasteiger partial charge in [-0.15, -0.1) is 24.0 Å². The Morgan fingerprint density at radius 3 is 2.85 bits per heavy atom. The number of unbranched alkanes of at least 4 members (excludes halogenated alkanes) is 1. The van der Waals surface area contributed by atoms with E-state index in [2.05, 4.69) is 38.4 Å². The van der Waals surface area contributed by atoms with E-state index in [9.17, 15) is 0 Å². The lowest BCUT2D eigenvalue weighted by Crippen LogP contribution is -2.38. The van der Waals surface area contributed by atoms with Crippen molar-refractivity contribution in [2.24, 2.45) is 4.99 Å². The predicted octanol–water partition coefficient (Wildman–Crippen LogP) is 2.20. The summed E-state index contributed by atoms with van der Waals surface area (Å²) in [5.41, 5.74) is 0. The number of aromatic nitrogens is 2. The van der Waals surface area contributed by atoms with E-state index in [0.29, 0.717) is 0 Å². The molecule has 0 aliphatic heterocycles. The number of imidazole rings is 1. The van der Waals surface area contributed by atoms with Crippen LogP contribution in [0.2, 0.25) is 0 Å². The van der Waals surface area contributed by atoms with Crippen LogP contribution in [0.1, 0.15) is 19.8 Å². The first-order chi connectivity index (χ1) is 9.36. The summed E-state index contributed by atoms with van der Waals surface area (Å²) < 4.78 is 2.05. The van der Waals surface area contributed by atoms with Gasteiger partial charge >= 0.3 is 0 Å². The summed E-state index contributed by atoms with van der Waals surface area (Å²) >= 11 is 1.89. The van der Waals surface area contributed by atoms with Crippen molar-refractivity contribution in [2.45, 2.75) is 26.3 Å². The van der Waals surface area contributed by atoms with Crippen molar-refractivity contribution in [3.63, 3.8) is 0 Å². The molecule has 0 saturated carbocycles. The number of hydrogen-bond donors (Lipinski definition) is 2. The first kappa shape index (κ1) is 19.6. The highest BCUT2D eigenvalue weighted by Gasteiger charge is 1.96. The Hall–Kier alpha value is -0.440. The first-order valence-corrected chi connectivity index (χ1v) is 8.23. The van der Waals surface area contributed by atoms with Gasteiger partial charge in [-0.3, -0.25) is 4.99 Å². The van der Waals surface area contributed by atoms with E-state index in [1.165, 1.54) is 12.2 Å². The van der Waals surface area contributed by atoms with Gasteiger partial charge < -0.3 is 15.2 Å². The molecular formula is C13H26IN5S. The molecule has 0 saturated heterocycles. The maximum Gasteiger partial charge on any atom is 0.191 e. The molecule has 1 aromatic rings. The maximum absolute atomic E-state index is 4.56. The number of nitrogens with zero attached hydrogens (tertiary/aromatic N) is 3. The third-order valence-corrected chi connectivity index (χ3v) is 3.29. The van der Waals surface area contributed by atoms with Gasteiger partial charge in [0.2, 0.25) is 0 Å². The second-order valence-corrected chi connectivity index (χ2v) is 5.17. The SMILES string of the molecule is CCNC(=NCCCCSC)NCCn1ccnc1.I. The average molecular weight is 411 g/mol. The van der Waals surface area contributed by atoms with Gasteiger partial charge in [-0.25, -0.2) is 4.98 Å². The third kappa shape index (κ3) is 9.46. The second kappa shape index (κ2) is 13.5. The van der Waals surface area contributed by atoms with Crippen molar-refractivity contribution in [2.75, 3.05) is 31.6 Å². The molecule has 0 radical (unpaired) electrons. The molecule has 5 nitrogen and oxygen atoms in total. The van der Waals surface area contributed by atoms with E-state index in [1.54, 1.807) is 6.20 Å². The van der Waals surface area contributed by atoms with Crippen LogP contribution in [0.5, 0.6) is 0 Å². The van der Waals surface area contributed by atoms with Gasteiger partial charge in [-0.2, -0.15) is 11.8 Å². The molecule has 20 heavy (non-hydrogen) atoms. The number of hydrogen-bond acceptors (Lipinski definition) is 3. The van der Waals surface area contributed by atoms with Crippen molar-refractivity contribution in [1.82, 2.24) is 20.2 Å². The molecule has 0 bridgehead atoms. The van der Waals surface area contributed by atoms with Crippen LogP contribution < -0.4 is 10.6 Å². The average Bonchev–Trinajstić information content (AvgIpc) is 2.91. The summed E-state index contributed by atoms with van der Waals surface area (Å²) in [4.78, 5) is 8.59. The normalized spacial score (nSPS) is 11.0. The molecule has 0 aliphatic rings. The van der Waals surface area contributed by atoms with Crippen LogP contribution in [-0.4, -0.2) is 47.2 Å². The fourth-order valence-electron chi connectivity index (χ4n) is 1.61. The zero-order chi connectivity index (χ0) is 13.8. The Balaban J connectivity index is 0.00000361. The molecule has 2 N–H and O–H groups in total. The summed E-state index contributed by atoms with van der Waals surface area (Å²) in [7, 11) is 0. The molecule has 0 fully saturated rings. The first-order valence-electron chi connectivity index (χ1n) is 6.83. The van der Waals surface area contributed by atoms with Crippen molar-refractivity contribution in [3.05, 3.63) is 18.7 Å².